The Balaban J connectivity index is 1.82. The number of aliphatic carboxylic acids is 1. The summed E-state index contributed by atoms with van der Waals surface area (Å²) in [5, 5.41) is 8.83. The number of carboxylic acids is 1. The number of allylic oxidation sites excluding steroid dienone is 1. The summed E-state index contributed by atoms with van der Waals surface area (Å²) in [6.07, 6.45) is 6.68. The molecule has 7 heteroatoms. The van der Waals surface area contributed by atoms with Crippen molar-refractivity contribution < 1.29 is 18.3 Å². The number of benzene rings is 2. The zero-order valence-corrected chi connectivity index (χ0v) is 17.0. The second-order valence-corrected chi connectivity index (χ2v) is 8.32. The van der Waals surface area contributed by atoms with E-state index in [1.54, 1.807) is 42.7 Å². The van der Waals surface area contributed by atoms with Crippen molar-refractivity contribution in [2.24, 2.45) is 0 Å². The Morgan fingerprint density at radius 3 is 2.33 bits per heavy atom. The van der Waals surface area contributed by atoms with Crippen LogP contribution in [0, 0.1) is 0 Å². The first-order valence-corrected chi connectivity index (χ1v) is 10.9. The fourth-order valence-corrected chi connectivity index (χ4v) is 4.04. The normalized spacial score (nSPS) is 11.8. The molecule has 1 aromatic heterocycles. The van der Waals surface area contributed by atoms with Crippen molar-refractivity contribution in [3.63, 3.8) is 0 Å². The van der Waals surface area contributed by atoms with E-state index in [1.165, 1.54) is 12.1 Å². The predicted molar refractivity (Wildman–Crippen MR) is 116 cm³/mol. The largest absolute Gasteiger partial charge is 0.481 e. The number of sulfonamides is 1. The number of aromatic nitrogens is 1. The molecule has 0 aliphatic carbocycles. The van der Waals surface area contributed by atoms with Gasteiger partial charge in [0.15, 0.2) is 0 Å². The lowest BCUT2D eigenvalue weighted by molar-refractivity contribution is -0.137. The molecule has 0 saturated carbocycles. The Bertz CT molecular complexity index is 1110. The van der Waals surface area contributed by atoms with E-state index < -0.39 is 16.0 Å². The van der Waals surface area contributed by atoms with Gasteiger partial charge in [-0.25, -0.2) is 8.42 Å². The molecule has 3 rings (SSSR count). The molecular formula is C23H22N2O4S. The number of nitrogens with one attached hydrogen (secondary N) is 1. The number of pyridine rings is 1. The molecule has 0 aliphatic rings. The Labute approximate surface area is 176 Å². The van der Waals surface area contributed by atoms with Crippen molar-refractivity contribution in [3.05, 3.63) is 96.3 Å². The summed E-state index contributed by atoms with van der Waals surface area (Å²) in [5.41, 5.74) is 3.18. The molecule has 2 aromatic carbocycles. The SMILES string of the molecule is O=C(O)CCCC=C(c1ccc(NS(=O)(=O)c2ccccc2)cc1)c1cccnc1. The lowest BCUT2D eigenvalue weighted by atomic mass is 9.97. The molecule has 0 spiro atoms. The van der Waals surface area contributed by atoms with Crippen LogP contribution in [0.5, 0.6) is 0 Å². The smallest absolute Gasteiger partial charge is 0.303 e. The number of hydrogen-bond donors (Lipinski definition) is 2. The van der Waals surface area contributed by atoms with Gasteiger partial charge in [0, 0.05) is 30.1 Å². The van der Waals surface area contributed by atoms with E-state index in [1.807, 2.05) is 30.3 Å². The number of anilines is 1. The van der Waals surface area contributed by atoms with Crippen LogP contribution in [0.4, 0.5) is 5.69 Å². The van der Waals surface area contributed by atoms with Crippen molar-refractivity contribution in [3.8, 4) is 0 Å². The first-order chi connectivity index (χ1) is 14.5. The number of unbranched alkanes of at least 4 members (excludes halogenated alkanes) is 1. The van der Waals surface area contributed by atoms with Crippen molar-refractivity contribution in [2.45, 2.75) is 24.2 Å². The molecule has 0 amide bonds. The number of nitrogens with zero attached hydrogens (tertiary/aromatic N) is 1. The van der Waals surface area contributed by atoms with Gasteiger partial charge in [-0.05, 0) is 54.3 Å². The predicted octanol–water partition coefficient (Wildman–Crippen LogP) is 4.57. The molecule has 30 heavy (non-hydrogen) atoms. The summed E-state index contributed by atoms with van der Waals surface area (Å²) in [6, 6.07) is 19.0. The molecule has 154 valence electrons. The topological polar surface area (TPSA) is 96.4 Å². The highest BCUT2D eigenvalue weighted by atomic mass is 32.2. The van der Waals surface area contributed by atoms with E-state index in [0.717, 1.165) is 16.7 Å². The van der Waals surface area contributed by atoms with E-state index in [-0.39, 0.29) is 11.3 Å². The molecule has 0 atom stereocenters. The molecule has 3 aromatic rings. The molecule has 0 bridgehead atoms. The summed E-state index contributed by atoms with van der Waals surface area (Å²) >= 11 is 0. The molecule has 0 aliphatic heterocycles. The van der Waals surface area contributed by atoms with Gasteiger partial charge in [-0.1, -0.05) is 42.5 Å². The van der Waals surface area contributed by atoms with Gasteiger partial charge < -0.3 is 5.11 Å². The third-order valence-electron chi connectivity index (χ3n) is 4.42. The van der Waals surface area contributed by atoms with Gasteiger partial charge in [0.2, 0.25) is 0 Å². The van der Waals surface area contributed by atoms with Crippen LogP contribution in [0.2, 0.25) is 0 Å². The Morgan fingerprint density at radius 2 is 1.70 bits per heavy atom. The summed E-state index contributed by atoms with van der Waals surface area (Å²) in [7, 11) is -3.65. The average molecular weight is 423 g/mol. The number of carboxylic acid groups (broad SMARTS) is 1. The van der Waals surface area contributed by atoms with Gasteiger partial charge in [-0.15, -0.1) is 0 Å². The van der Waals surface area contributed by atoms with Crippen molar-refractivity contribution in [1.82, 2.24) is 4.98 Å². The molecule has 2 N–H and O–H groups in total. The van der Waals surface area contributed by atoms with Crippen LogP contribution in [0.25, 0.3) is 5.57 Å². The summed E-state index contributed by atoms with van der Waals surface area (Å²) in [5.74, 6) is -0.818. The van der Waals surface area contributed by atoms with Gasteiger partial charge >= 0.3 is 5.97 Å². The standard InChI is InChI=1S/C23H22N2O4S/c26-23(27)11-5-4-10-22(19-7-6-16-24-17-19)18-12-14-20(15-13-18)25-30(28,29)21-8-2-1-3-9-21/h1-3,6-10,12-17,25H,4-5,11H2,(H,26,27). The zero-order valence-electron chi connectivity index (χ0n) is 16.2. The highest BCUT2D eigenvalue weighted by molar-refractivity contribution is 7.92. The number of rotatable bonds is 9. The van der Waals surface area contributed by atoms with Crippen LogP contribution in [-0.4, -0.2) is 24.5 Å². The number of hydrogen-bond acceptors (Lipinski definition) is 4. The summed E-state index contributed by atoms with van der Waals surface area (Å²) in [4.78, 5) is 15.1. The average Bonchev–Trinajstić information content (AvgIpc) is 2.75. The molecular weight excluding hydrogens is 400 g/mol. The summed E-state index contributed by atoms with van der Waals surface area (Å²) in [6.45, 7) is 0. The van der Waals surface area contributed by atoms with Crippen LogP contribution in [0.3, 0.4) is 0 Å². The minimum atomic E-state index is -3.65. The second-order valence-electron chi connectivity index (χ2n) is 6.64. The first-order valence-electron chi connectivity index (χ1n) is 9.46. The van der Waals surface area contributed by atoms with Crippen LogP contribution in [0.15, 0.2) is 90.1 Å². The molecule has 0 fully saturated rings. The molecule has 1 heterocycles. The van der Waals surface area contributed by atoms with Crippen molar-refractivity contribution >= 4 is 27.3 Å². The highest BCUT2D eigenvalue weighted by Gasteiger charge is 2.13. The lowest BCUT2D eigenvalue weighted by Gasteiger charge is -2.11. The van der Waals surface area contributed by atoms with Crippen molar-refractivity contribution in [1.29, 1.82) is 0 Å². The molecule has 0 saturated heterocycles. The van der Waals surface area contributed by atoms with Crippen molar-refractivity contribution in [2.75, 3.05) is 4.72 Å². The van der Waals surface area contributed by atoms with E-state index in [9.17, 15) is 13.2 Å². The maximum Gasteiger partial charge on any atom is 0.303 e. The van der Waals surface area contributed by atoms with Crippen LogP contribution < -0.4 is 4.72 Å². The van der Waals surface area contributed by atoms with Gasteiger partial charge in [-0.2, -0.15) is 0 Å². The van der Waals surface area contributed by atoms with E-state index in [2.05, 4.69) is 9.71 Å². The fourth-order valence-electron chi connectivity index (χ4n) is 2.96. The monoisotopic (exact) mass is 422 g/mol. The molecule has 6 nitrogen and oxygen atoms in total. The maximum absolute atomic E-state index is 12.5. The highest BCUT2D eigenvalue weighted by Crippen LogP contribution is 2.26. The van der Waals surface area contributed by atoms with Gasteiger partial charge in [0.05, 0.1) is 4.90 Å². The Morgan fingerprint density at radius 1 is 0.967 bits per heavy atom. The zero-order chi connectivity index (χ0) is 21.4. The minimum Gasteiger partial charge on any atom is -0.481 e. The quantitative estimate of drug-likeness (QED) is 0.493. The van der Waals surface area contributed by atoms with E-state index in [0.29, 0.717) is 18.5 Å². The van der Waals surface area contributed by atoms with Crippen LogP contribution in [-0.2, 0) is 14.8 Å². The Hall–Kier alpha value is -3.45. The van der Waals surface area contributed by atoms with E-state index >= 15 is 0 Å². The molecule has 0 unspecified atom stereocenters. The fraction of sp³-hybridized carbons (Fsp3) is 0.130. The maximum atomic E-state index is 12.5. The first kappa shape index (κ1) is 21.3. The molecule has 0 radical (unpaired) electrons. The van der Waals surface area contributed by atoms with Crippen LogP contribution >= 0.6 is 0 Å². The van der Waals surface area contributed by atoms with Gasteiger partial charge in [0.25, 0.3) is 10.0 Å². The third-order valence-corrected chi connectivity index (χ3v) is 5.81. The second kappa shape index (κ2) is 9.84. The number of carbonyl (C=O) groups is 1. The third kappa shape index (κ3) is 5.78. The van der Waals surface area contributed by atoms with E-state index in [4.69, 9.17) is 5.11 Å². The summed E-state index contributed by atoms with van der Waals surface area (Å²) < 4.78 is 27.6. The van der Waals surface area contributed by atoms with Gasteiger partial charge in [0.1, 0.15) is 0 Å². The van der Waals surface area contributed by atoms with Gasteiger partial charge in [-0.3, -0.25) is 14.5 Å². The lowest BCUT2D eigenvalue weighted by Crippen LogP contribution is -2.12. The minimum absolute atomic E-state index is 0.108. The Kier molecular flexibility index (Phi) is 6.98. The van der Waals surface area contributed by atoms with Crippen LogP contribution in [0.1, 0.15) is 30.4 Å².